The zero-order valence-corrected chi connectivity index (χ0v) is 17.0. The number of carbonyl (C=O) groups is 2. The van der Waals surface area contributed by atoms with E-state index < -0.39 is 6.04 Å². The second-order valence-electron chi connectivity index (χ2n) is 9.92. The summed E-state index contributed by atoms with van der Waals surface area (Å²) >= 11 is 0. The van der Waals surface area contributed by atoms with Crippen LogP contribution in [0.1, 0.15) is 37.7 Å². The highest BCUT2D eigenvalue weighted by Crippen LogP contribution is 2.64. The Hall–Kier alpha value is -2.34. The van der Waals surface area contributed by atoms with Crippen LogP contribution < -0.4 is 5.32 Å². The van der Waals surface area contributed by atoms with Gasteiger partial charge in [0.25, 0.3) is 5.91 Å². The Morgan fingerprint density at radius 1 is 1.25 bits per heavy atom. The van der Waals surface area contributed by atoms with Gasteiger partial charge < -0.3 is 20.1 Å². The molecule has 4 atom stereocenters. The van der Waals surface area contributed by atoms with Crippen molar-refractivity contribution in [2.45, 2.75) is 45.3 Å². The van der Waals surface area contributed by atoms with Crippen LogP contribution in [-0.2, 0) is 4.79 Å². The van der Waals surface area contributed by atoms with Crippen molar-refractivity contribution in [3.05, 3.63) is 36.0 Å². The quantitative estimate of drug-likeness (QED) is 0.858. The number of hydrogen-bond donors (Lipinski definition) is 2. The van der Waals surface area contributed by atoms with Gasteiger partial charge in [0.2, 0.25) is 5.91 Å². The zero-order chi connectivity index (χ0) is 19.8. The van der Waals surface area contributed by atoms with E-state index >= 15 is 0 Å². The van der Waals surface area contributed by atoms with Crippen LogP contribution in [0.3, 0.4) is 0 Å². The Kier molecular flexibility index (Phi) is 3.55. The Bertz CT molecular complexity index is 941. The van der Waals surface area contributed by atoms with Crippen molar-refractivity contribution in [1.29, 1.82) is 0 Å². The number of likely N-dealkylation sites (tertiary alicyclic amines) is 2. The number of amides is 2. The van der Waals surface area contributed by atoms with Gasteiger partial charge in [0, 0.05) is 41.5 Å². The second-order valence-corrected chi connectivity index (χ2v) is 9.92. The van der Waals surface area contributed by atoms with E-state index in [-0.39, 0.29) is 17.2 Å². The molecule has 28 heavy (non-hydrogen) atoms. The second kappa shape index (κ2) is 5.60. The molecule has 6 nitrogen and oxygen atoms in total. The molecule has 148 valence electrons. The largest absolute Gasteiger partial charge is 0.351 e. The molecule has 1 aromatic carbocycles. The van der Waals surface area contributed by atoms with Gasteiger partial charge in [-0.15, -0.1) is 0 Å². The SMILES string of the molecule is CN1CC23CC2N(C(=O)C(NC(=O)c2cc4ccccc4[nH]2)C(C)(C)C)CC13. The summed E-state index contributed by atoms with van der Waals surface area (Å²) in [5.41, 5.74) is 1.39. The number of aromatic amines is 1. The van der Waals surface area contributed by atoms with Crippen LogP contribution in [0.25, 0.3) is 10.9 Å². The van der Waals surface area contributed by atoms with Gasteiger partial charge in [-0.25, -0.2) is 0 Å². The van der Waals surface area contributed by atoms with Crippen molar-refractivity contribution in [1.82, 2.24) is 20.1 Å². The van der Waals surface area contributed by atoms with E-state index in [1.54, 1.807) is 0 Å². The molecule has 3 aliphatic rings. The van der Waals surface area contributed by atoms with Gasteiger partial charge >= 0.3 is 0 Å². The van der Waals surface area contributed by atoms with Crippen molar-refractivity contribution in [2.24, 2.45) is 10.8 Å². The lowest BCUT2D eigenvalue weighted by molar-refractivity contribution is -0.135. The van der Waals surface area contributed by atoms with Gasteiger partial charge in [0.15, 0.2) is 0 Å². The fraction of sp³-hybridized carbons (Fsp3) is 0.545. The number of para-hydroxylation sites is 1. The molecule has 1 aromatic heterocycles. The van der Waals surface area contributed by atoms with Gasteiger partial charge in [-0.05, 0) is 31.0 Å². The third-order valence-corrected chi connectivity index (χ3v) is 7.01. The van der Waals surface area contributed by atoms with Crippen LogP contribution in [0.4, 0.5) is 0 Å². The van der Waals surface area contributed by atoms with E-state index in [1.165, 1.54) is 0 Å². The molecule has 2 N–H and O–H groups in total. The smallest absolute Gasteiger partial charge is 0.268 e. The third kappa shape index (κ3) is 2.43. The molecule has 2 aliphatic heterocycles. The summed E-state index contributed by atoms with van der Waals surface area (Å²) in [6, 6.07) is 9.94. The highest BCUT2D eigenvalue weighted by Gasteiger charge is 2.74. The summed E-state index contributed by atoms with van der Waals surface area (Å²) in [6.45, 7) is 7.92. The molecule has 1 aliphatic carbocycles. The minimum absolute atomic E-state index is 0.0571. The Morgan fingerprint density at radius 2 is 2.00 bits per heavy atom. The number of nitrogens with zero attached hydrogens (tertiary/aromatic N) is 2. The lowest BCUT2D eigenvalue weighted by Crippen LogP contribution is -2.57. The molecule has 0 radical (unpaired) electrons. The Labute approximate surface area is 165 Å². The molecule has 1 spiro atoms. The van der Waals surface area contributed by atoms with Crippen LogP contribution in [0.5, 0.6) is 0 Å². The fourth-order valence-corrected chi connectivity index (χ4v) is 5.35. The van der Waals surface area contributed by atoms with Crippen LogP contribution >= 0.6 is 0 Å². The van der Waals surface area contributed by atoms with E-state index in [1.807, 2.05) is 56.0 Å². The molecule has 3 heterocycles. The first-order valence-electron chi connectivity index (χ1n) is 10.1. The molecule has 5 rings (SSSR count). The Morgan fingerprint density at radius 3 is 2.64 bits per heavy atom. The van der Waals surface area contributed by atoms with Crippen LogP contribution in [-0.4, -0.2) is 64.9 Å². The van der Waals surface area contributed by atoms with Gasteiger partial charge in [0.05, 0.1) is 0 Å². The summed E-state index contributed by atoms with van der Waals surface area (Å²) in [6.07, 6.45) is 1.11. The average Bonchev–Trinajstić information content (AvgIpc) is 3.11. The standard InChI is InChI=1S/C22H28N4O2/c1-21(2,3)18(20(28)26-11-17-22(10-16(22)26)12-25(17)4)24-19(27)15-9-13-7-5-6-8-14(13)23-15/h5-9,16-18,23H,10-12H2,1-4H3,(H,24,27). The fourth-order valence-electron chi connectivity index (χ4n) is 5.35. The van der Waals surface area contributed by atoms with Crippen LogP contribution in [0.2, 0.25) is 0 Å². The summed E-state index contributed by atoms with van der Waals surface area (Å²) in [7, 11) is 2.14. The van der Waals surface area contributed by atoms with Crippen molar-refractivity contribution < 1.29 is 9.59 Å². The summed E-state index contributed by atoms with van der Waals surface area (Å²) < 4.78 is 0. The number of hydrogen-bond acceptors (Lipinski definition) is 3. The predicted octanol–water partition coefficient (Wildman–Crippen LogP) is 2.23. The van der Waals surface area contributed by atoms with Gasteiger partial charge in [-0.2, -0.15) is 0 Å². The summed E-state index contributed by atoms with van der Waals surface area (Å²) in [4.78, 5) is 34.0. The number of nitrogens with one attached hydrogen (secondary N) is 2. The van der Waals surface area contributed by atoms with E-state index in [4.69, 9.17) is 0 Å². The first-order chi connectivity index (χ1) is 13.2. The van der Waals surface area contributed by atoms with Crippen molar-refractivity contribution in [3.8, 4) is 0 Å². The lowest BCUT2D eigenvalue weighted by atomic mass is 9.85. The highest BCUT2D eigenvalue weighted by atomic mass is 16.2. The molecule has 2 amide bonds. The number of rotatable bonds is 3. The normalized spacial score (nSPS) is 29.8. The summed E-state index contributed by atoms with van der Waals surface area (Å²) in [5, 5.41) is 4.03. The molecule has 2 aromatic rings. The van der Waals surface area contributed by atoms with Crippen molar-refractivity contribution in [2.75, 3.05) is 20.1 Å². The maximum absolute atomic E-state index is 13.5. The zero-order valence-electron chi connectivity index (χ0n) is 17.0. The number of H-pyrrole nitrogens is 1. The molecule has 4 unspecified atom stereocenters. The molecule has 3 fully saturated rings. The van der Waals surface area contributed by atoms with Crippen molar-refractivity contribution >= 4 is 22.7 Å². The summed E-state index contributed by atoms with van der Waals surface area (Å²) in [5.74, 6) is -0.170. The van der Waals surface area contributed by atoms with Crippen LogP contribution in [0, 0.1) is 10.8 Å². The maximum Gasteiger partial charge on any atom is 0.268 e. The predicted molar refractivity (Wildman–Crippen MR) is 108 cm³/mol. The number of fused-ring (bicyclic) bond motifs is 1. The monoisotopic (exact) mass is 380 g/mol. The average molecular weight is 380 g/mol. The molecule has 6 heteroatoms. The van der Waals surface area contributed by atoms with Crippen molar-refractivity contribution in [3.63, 3.8) is 0 Å². The molecular formula is C22H28N4O2. The maximum atomic E-state index is 13.5. The van der Waals surface area contributed by atoms with Gasteiger partial charge in [-0.3, -0.25) is 9.59 Å². The number of aromatic nitrogens is 1. The number of piperidine rings is 1. The third-order valence-electron chi connectivity index (χ3n) is 7.01. The van der Waals surface area contributed by atoms with Gasteiger partial charge in [0.1, 0.15) is 11.7 Å². The molecular weight excluding hydrogens is 352 g/mol. The number of benzene rings is 1. The van der Waals surface area contributed by atoms with E-state index in [0.717, 1.165) is 30.4 Å². The highest BCUT2D eigenvalue weighted by molar-refractivity contribution is 6.00. The number of carbonyl (C=O) groups excluding carboxylic acids is 2. The number of likely N-dealkylation sites (N-methyl/N-ethyl adjacent to an activating group) is 1. The molecule has 0 bridgehead atoms. The van der Waals surface area contributed by atoms with Gasteiger partial charge in [-0.1, -0.05) is 39.0 Å². The van der Waals surface area contributed by atoms with Crippen LogP contribution in [0.15, 0.2) is 30.3 Å². The van der Waals surface area contributed by atoms with E-state index in [9.17, 15) is 9.59 Å². The topological polar surface area (TPSA) is 68.4 Å². The van der Waals surface area contributed by atoms with E-state index in [0.29, 0.717) is 23.2 Å². The minimum Gasteiger partial charge on any atom is -0.351 e. The molecule has 1 saturated carbocycles. The lowest BCUT2D eigenvalue weighted by Gasteiger charge is -2.44. The first kappa shape index (κ1) is 17.7. The minimum atomic E-state index is -0.549. The first-order valence-corrected chi connectivity index (χ1v) is 10.1. The Balaban J connectivity index is 1.37. The molecule has 2 saturated heterocycles. The van der Waals surface area contributed by atoms with E-state index in [2.05, 4.69) is 22.2 Å².